The van der Waals surface area contributed by atoms with Crippen molar-refractivity contribution in [3.8, 4) is 0 Å². The largest absolute Gasteiger partial charge is 1.00 e. The number of benzene rings is 1. The highest BCUT2D eigenvalue weighted by Crippen LogP contribution is 2.32. The summed E-state index contributed by atoms with van der Waals surface area (Å²) < 4.78 is 11.2. The Kier molecular flexibility index (Phi) is 9.89. The van der Waals surface area contributed by atoms with Crippen molar-refractivity contribution in [2.24, 2.45) is 5.92 Å². The van der Waals surface area contributed by atoms with Gasteiger partial charge in [0, 0.05) is 10.5 Å². The van der Waals surface area contributed by atoms with Gasteiger partial charge in [0.25, 0.3) is 0 Å². The molecule has 2 aromatic rings. The first kappa shape index (κ1) is 24.4. The lowest BCUT2D eigenvalue weighted by Gasteiger charge is -2.28. The van der Waals surface area contributed by atoms with Gasteiger partial charge in [-0.2, -0.15) is 0 Å². The number of hydrogen-bond donors (Lipinski definition) is 1. The van der Waals surface area contributed by atoms with Crippen molar-refractivity contribution in [2.75, 3.05) is 32.8 Å². The van der Waals surface area contributed by atoms with E-state index in [0.29, 0.717) is 13.2 Å². The van der Waals surface area contributed by atoms with Gasteiger partial charge in [-0.05, 0) is 61.7 Å². The topological polar surface area (TPSA) is 40.0 Å². The van der Waals surface area contributed by atoms with Crippen molar-refractivity contribution in [3.63, 3.8) is 0 Å². The Labute approximate surface area is 190 Å². The summed E-state index contributed by atoms with van der Waals surface area (Å²) in [6.45, 7) is 10.1. The molecule has 2 heterocycles. The van der Waals surface area contributed by atoms with Gasteiger partial charge in [0.15, 0.2) is 0 Å². The SMILES string of the molecule is CCOC(=O)[C@@H]1CCC[NH+](CCO/C=C(\c2ccccc2C)c2sccc2C)C1.[Cl-]. The van der Waals surface area contributed by atoms with E-state index in [-0.39, 0.29) is 24.3 Å². The molecule has 1 fully saturated rings. The number of aryl methyl sites for hydroxylation is 2. The quantitative estimate of drug-likeness (QED) is 0.365. The van der Waals surface area contributed by atoms with Crippen LogP contribution in [0.1, 0.15) is 41.3 Å². The summed E-state index contributed by atoms with van der Waals surface area (Å²) in [5.74, 6) is -0.00827. The second-order valence-electron chi connectivity index (χ2n) is 7.70. The number of hydrogen-bond acceptors (Lipinski definition) is 4. The Morgan fingerprint density at radius 1 is 1.23 bits per heavy atom. The van der Waals surface area contributed by atoms with Crippen LogP contribution in [0.4, 0.5) is 0 Å². The van der Waals surface area contributed by atoms with Crippen LogP contribution in [0.5, 0.6) is 0 Å². The summed E-state index contributed by atoms with van der Waals surface area (Å²) in [4.78, 5) is 14.7. The number of thiophene rings is 1. The maximum atomic E-state index is 12.0. The van der Waals surface area contributed by atoms with Crippen molar-refractivity contribution in [2.45, 2.75) is 33.6 Å². The second-order valence-corrected chi connectivity index (χ2v) is 8.61. The third-order valence-electron chi connectivity index (χ3n) is 5.55. The first-order valence-electron chi connectivity index (χ1n) is 10.5. The van der Waals surface area contributed by atoms with Crippen molar-refractivity contribution in [1.29, 1.82) is 0 Å². The minimum Gasteiger partial charge on any atom is -1.00 e. The molecule has 3 rings (SSSR count). The fraction of sp³-hybridized carbons (Fsp3) is 0.458. The van der Waals surface area contributed by atoms with Gasteiger partial charge in [0.1, 0.15) is 19.1 Å². The molecule has 1 unspecified atom stereocenters. The van der Waals surface area contributed by atoms with E-state index in [4.69, 9.17) is 9.47 Å². The molecule has 0 saturated carbocycles. The Morgan fingerprint density at radius 3 is 2.73 bits per heavy atom. The van der Waals surface area contributed by atoms with E-state index >= 15 is 0 Å². The summed E-state index contributed by atoms with van der Waals surface area (Å²) in [6.07, 6.45) is 3.93. The van der Waals surface area contributed by atoms with Gasteiger partial charge in [-0.25, -0.2) is 0 Å². The molecule has 6 heteroatoms. The number of carbonyl (C=O) groups excluding carboxylic acids is 1. The fourth-order valence-corrected chi connectivity index (χ4v) is 4.90. The zero-order valence-corrected chi connectivity index (χ0v) is 19.7. The molecule has 0 bridgehead atoms. The van der Waals surface area contributed by atoms with Crippen LogP contribution >= 0.6 is 11.3 Å². The Balaban J connectivity index is 0.00000320. The molecule has 1 aromatic heterocycles. The van der Waals surface area contributed by atoms with Crippen LogP contribution in [0.2, 0.25) is 0 Å². The summed E-state index contributed by atoms with van der Waals surface area (Å²) in [6, 6.07) is 10.6. The van der Waals surface area contributed by atoms with Gasteiger partial charge in [-0.15, -0.1) is 11.3 Å². The summed E-state index contributed by atoms with van der Waals surface area (Å²) in [5, 5.41) is 2.13. The number of piperidine rings is 1. The molecule has 1 saturated heterocycles. The number of likely N-dealkylation sites (tertiary alicyclic amines) is 1. The standard InChI is InChI=1S/C24H31NO3S.ClH/c1-4-28-24(26)20-9-7-12-25(16-20)13-14-27-17-22(23-19(3)11-15-29-23)21-10-6-5-8-18(21)2;/h5-6,8,10-11,15,17,20H,4,7,9,12-14,16H2,1-3H3;1H/b22-17+;/t20-;/m1./s1. The van der Waals surface area contributed by atoms with E-state index in [0.717, 1.165) is 38.0 Å². The van der Waals surface area contributed by atoms with E-state index < -0.39 is 0 Å². The highest BCUT2D eigenvalue weighted by Gasteiger charge is 2.29. The first-order valence-corrected chi connectivity index (χ1v) is 11.4. The van der Waals surface area contributed by atoms with Gasteiger partial charge in [0.2, 0.25) is 0 Å². The Bertz CT molecular complexity index is 848. The average molecular weight is 450 g/mol. The molecule has 0 aliphatic carbocycles. The van der Waals surface area contributed by atoms with Crippen LogP contribution < -0.4 is 17.3 Å². The van der Waals surface area contributed by atoms with Gasteiger partial charge >= 0.3 is 5.97 Å². The monoisotopic (exact) mass is 449 g/mol. The lowest BCUT2D eigenvalue weighted by molar-refractivity contribution is -0.907. The number of nitrogens with one attached hydrogen (secondary N) is 1. The third kappa shape index (κ3) is 6.34. The smallest absolute Gasteiger partial charge is 0.314 e. The maximum absolute atomic E-state index is 12.0. The lowest BCUT2D eigenvalue weighted by atomic mass is 9.98. The van der Waals surface area contributed by atoms with Crippen LogP contribution in [-0.4, -0.2) is 38.8 Å². The molecule has 1 N–H and O–H groups in total. The number of ether oxygens (including phenoxy) is 2. The van der Waals surface area contributed by atoms with E-state index in [2.05, 4.69) is 49.6 Å². The third-order valence-corrected chi connectivity index (χ3v) is 6.60. The Morgan fingerprint density at radius 2 is 2.03 bits per heavy atom. The summed E-state index contributed by atoms with van der Waals surface area (Å²) >= 11 is 1.75. The Hall–Kier alpha value is -1.82. The minimum absolute atomic E-state index is 0. The minimum atomic E-state index is -0.0412. The molecule has 164 valence electrons. The maximum Gasteiger partial charge on any atom is 0.314 e. The van der Waals surface area contributed by atoms with Crippen LogP contribution in [0.3, 0.4) is 0 Å². The number of carbonyl (C=O) groups is 1. The van der Waals surface area contributed by atoms with Crippen molar-refractivity contribution < 1.29 is 31.6 Å². The van der Waals surface area contributed by atoms with Gasteiger partial charge < -0.3 is 26.8 Å². The van der Waals surface area contributed by atoms with Crippen LogP contribution in [0, 0.1) is 19.8 Å². The molecular formula is C24H32ClNO3S. The number of halogens is 1. The average Bonchev–Trinajstić information content (AvgIpc) is 3.15. The number of rotatable bonds is 8. The van der Waals surface area contributed by atoms with Crippen molar-refractivity contribution in [1.82, 2.24) is 0 Å². The van der Waals surface area contributed by atoms with Gasteiger partial charge in [0.05, 0.1) is 26.0 Å². The van der Waals surface area contributed by atoms with Gasteiger partial charge in [-0.1, -0.05) is 24.3 Å². The van der Waals surface area contributed by atoms with Crippen LogP contribution in [0.25, 0.3) is 5.57 Å². The summed E-state index contributed by atoms with van der Waals surface area (Å²) in [5.41, 5.74) is 4.88. The molecule has 30 heavy (non-hydrogen) atoms. The normalized spacial score (nSPS) is 19.1. The van der Waals surface area contributed by atoms with Gasteiger partial charge in [-0.3, -0.25) is 4.79 Å². The zero-order valence-electron chi connectivity index (χ0n) is 18.1. The molecule has 1 aromatic carbocycles. The predicted octanol–water partition coefficient (Wildman–Crippen LogP) is 0.633. The van der Waals surface area contributed by atoms with E-state index in [9.17, 15) is 4.79 Å². The highest BCUT2D eigenvalue weighted by molar-refractivity contribution is 7.11. The number of esters is 1. The molecule has 2 atom stereocenters. The lowest BCUT2D eigenvalue weighted by Crippen LogP contribution is -3.14. The molecule has 4 nitrogen and oxygen atoms in total. The van der Waals surface area contributed by atoms with Crippen molar-refractivity contribution in [3.05, 3.63) is 63.5 Å². The molecule has 0 spiro atoms. The molecule has 1 aliphatic heterocycles. The van der Waals surface area contributed by atoms with Crippen LogP contribution in [-0.2, 0) is 14.3 Å². The predicted molar refractivity (Wildman–Crippen MR) is 118 cm³/mol. The molecule has 0 radical (unpaired) electrons. The first-order chi connectivity index (χ1) is 14.1. The van der Waals surface area contributed by atoms with Crippen LogP contribution in [0.15, 0.2) is 42.0 Å². The van der Waals surface area contributed by atoms with E-state index in [1.165, 1.54) is 26.5 Å². The van der Waals surface area contributed by atoms with Crippen molar-refractivity contribution >= 4 is 22.9 Å². The fourth-order valence-electron chi connectivity index (χ4n) is 3.95. The number of quaternary nitrogens is 1. The zero-order chi connectivity index (χ0) is 20.6. The second kappa shape index (κ2) is 12.1. The van der Waals surface area contributed by atoms with E-state index in [1.807, 2.05) is 13.2 Å². The molecule has 1 aliphatic rings. The summed E-state index contributed by atoms with van der Waals surface area (Å²) in [7, 11) is 0. The molecule has 0 amide bonds. The highest BCUT2D eigenvalue weighted by atomic mass is 35.5. The molecular weight excluding hydrogens is 418 g/mol. The van der Waals surface area contributed by atoms with E-state index in [1.54, 1.807) is 11.3 Å².